The number of likely N-dealkylation sites (N-methyl/N-ethyl adjacent to an activating group) is 1. The maximum Gasteiger partial charge on any atom is 0.0459 e. The Kier molecular flexibility index (Phi) is 5.30. The van der Waals surface area contributed by atoms with E-state index >= 15 is 0 Å². The summed E-state index contributed by atoms with van der Waals surface area (Å²) in [4.78, 5) is 4.72. The van der Waals surface area contributed by atoms with Crippen LogP contribution in [0, 0.1) is 0 Å². The lowest BCUT2D eigenvalue weighted by Gasteiger charge is -2.22. The van der Waals surface area contributed by atoms with Crippen LogP contribution in [0.4, 0.5) is 5.69 Å². The predicted octanol–water partition coefficient (Wildman–Crippen LogP) is 2.76. The lowest BCUT2D eigenvalue weighted by atomic mass is 10.0. The lowest BCUT2D eigenvalue weighted by molar-refractivity contribution is 0.315. The SMILES string of the molecule is CCC(N)Cc1ccc(N2CCC(N(C)C)C2)cc1Cl. The Bertz CT molecular complexity index is 447. The monoisotopic (exact) mass is 295 g/mol. The highest BCUT2D eigenvalue weighted by Gasteiger charge is 2.24. The van der Waals surface area contributed by atoms with Gasteiger partial charge in [-0.25, -0.2) is 0 Å². The number of nitrogens with two attached hydrogens (primary N) is 1. The summed E-state index contributed by atoms with van der Waals surface area (Å²) >= 11 is 6.42. The fourth-order valence-corrected chi connectivity index (χ4v) is 2.98. The molecule has 1 fully saturated rings. The number of halogens is 1. The van der Waals surface area contributed by atoms with Crippen molar-refractivity contribution < 1.29 is 0 Å². The Morgan fingerprint density at radius 3 is 2.75 bits per heavy atom. The second-order valence-corrected chi connectivity index (χ2v) is 6.41. The summed E-state index contributed by atoms with van der Waals surface area (Å²) in [6.45, 7) is 4.29. The normalized spacial score (nSPS) is 20.7. The van der Waals surface area contributed by atoms with Crippen LogP contribution in [0.3, 0.4) is 0 Å². The average Bonchev–Trinajstić information content (AvgIpc) is 2.90. The number of benzene rings is 1. The summed E-state index contributed by atoms with van der Waals surface area (Å²) in [5.74, 6) is 0. The molecule has 0 aromatic heterocycles. The average molecular weight is 296 g/mol. The molecular formula is C16H26ClN3. The van der Waals surface area contributed by atoms with Crippen LogP contribution in [0.5, 0.6) is 0 Å². The second-order valence-electron chi connectivity index (χ2n) is 6.00. The molecule has 0 saturated carbocycles. The highest BCUT2D eigenvalue weighted by Crippen LogP contribution is 2.28. The van der Waals surface area contributed by atoms with E-state index in [2.05, 4.69) is 49.0 Å². The molecule has 3 nitrogen and oxygen atoms in total. The fraction of sp³-hybridized carbons (Fsp3) is 0.625. The molecule has 2 N–H and O–H groups in total. The van der Waals surface area contributed by atoms with E-state index in [4.69, 9.17) is 17.3 Å². The van der Waals surface area contributed by atoms with Gasteiger partial charge in [-0.15, -0.1) is 0 Å². The first-order valence-electron chi connectivity index (χ1n) is 7.46. The highest BCUT2D eigenvalue weighted by molar-refractivity contribution is 6.31. The molecule has 0 spiro atoms. The predicted molar refractivity (Wildman–Crippen MR) is 87.7 cm³/mol. The van der Waals surface area contributed by atoms with E-state index in [1.807, 2.05) is 0 Å². The van der Waals surface area contributed by atoms with E-state index in [1.165, 1.54) is 12.1 Å². The zero-order chi connectivity index (χ0) is 14.7. The quantitative estimate of drug-likeness (QED) is 0.906. The van der Waals surface area contributed by atoms with E-state index in [9.17, 15) is 0 Å². The zero-order valence-corrected chi connectivity index (χ0v) is 13.5. The first-order chi connectivity index (χ1) is 9.51. The maximum atomic E-state index is 6.42. The maximum absolute atomic E-state index is 6.42. The van der Waals surface area contributed by atoms with Gasteiger partial charge in [0, 0.05) is 35.9 Å². The van der Waals surface area contributed by atoms with Gasteiger partial charge in [0.25, 0.3) is 0 Å². The summed E-state index contributed by atoms with van der Waals surface area (Å²) < 4.78 is 0. The molecule has 0 aliphatic carbocycles. The van der Waals surface area contributed by atoms with Crippen LogP contribution in [0.1, 0.15) is 25.3 Å². The van der Waals surface area contributed by atoms with Gasteiger partial charge in [-0.05, 0) is 51.1 Å². The van der Waals surface area contributed by atoms with Crippen molar-refractivity contribution in [3.8, 4) is 0 Å². The van der Waals surface area contributed by atoms with Crippen molar-refractivity contribution in [3.05, 3.63) is 28.8 Å². The first-order valence-corrected chi connectivity index (χ1v) is 7.84. The van der Waals surface area contributed by atoms with Gasteiger partial charge in [-0.1, -0.05) is 24.6 Å². The van der Waals surface area contributed by atoms with Gasteiger partial charge in [-0.3, -0.25) is 0 Å². The van der Waals surface area contributed by atoms with Crippen molar-refractivity contribution in [2.24, 2.45) is 5.73 Å². The van der Waals surface area contributed by atoms with Gasteiger partial charge >= 0.3 is 0 Å². The molecule has 1 aromatic carbocycles. The molecule has 1 aromatic rings. The summed E-state index contributed by atoms with van der Waals surface area (Å²) in [5.41, 5.74) is 8.40. The minimum Gasteiger partial charge on any atom is -0.370 e. The van der Waals surface area contributed by atoms with E-state index in [-0.39, 0.29) is 6.04 Å². The van der Waals surface area contributed by atoms with E-state index in [1.54, 1.807) is 0 Å². The van der Waals surface area contributed by atoms with Gasteiger partial charge < -0.3 is 15.5 Å². The summed E-state index contributed by atoms with van der Waals surface area (Å²) in [5, 5.41) is 0.847. The molecule has 2 rings (SSSR count). The van der Waals surface area contributed by atoms with Crippen molar-refractivity contribution in [2.45, 2.75) is 38.3 Å². The Balaban J connectivity index is 2.06. The molecule has 0 amide bonds. The number of hydrogen-bond donors (Lipinski definition) is 1. The van der Waals surface area contributed by atoms with Crippen LogP contribution in [-0.2, 0) is 6.42 Å². The molecule has 1 saturated heterocycles. The molecule has 1 aliphatic heterocycles. The number of anilines is 1. The molecule has 1 heterocycles. The molecule has 2 unspecified atom stereocenters. The fourth-order valence-electron chi connectivity index (χ4n) is 2.72. The third-order valence-corrected chi connectivity index (χ3v) is 4.65. The summed E-state index contributed by atoms with van der Waals surface area (Å²) in [7, 11) is 4.30. The van der Waals surface area contributed by atoms with Crippen molar-refractivity contribution in [3.63, 3.8) is 0 Å². The standard InChI is InChI=1S/C16H26ClN3/c1-4-13(18)9-12-5-6-14(10-16(12)17)20-8-7-15(11-20)19(2)3/h5-6,10,13,15H,4,7-9,11,18H2,1-3H3. The molecule has 2 atom stereocenters. The number of rotatable bonds is 5. The smallest absolute Gasteiger partial charge is 0.0459 e. The van der Waals surface area contributed by atoms with Crippen LogP contribution in [0.25, 0.3) is 0 Å². The van der Waals surface area contributed by atoms with Crippen molar-refractivity contribution >= 4 is 17.3 Å². The van der Waals surface area contributed by atoms with Gasteiger partial charge in [0.2, 0.25) is 0 Å². The van der Waals surface area contributed by atoms with Crippen LogP contribution in [0.2, 0.25) is 5.02 Å². The van der Waals surface area contributed by atoms with Gasteiger partial charge in [0.1, 0.15) is 0 Å². The van der Waals surface area contributed by atoms with Crippen LogP contribution in [0.15, 0.2) is 18.2 Å². The molecule has 112 valence electrons. The topological polar surface area (TPSA) is 32.5 Å². The molecule has 1 aliphatic rings. The molecule has 4 heteroatoms. The Morgan fingerprint density at radius 2 is 2.20 bits per heavy atom. The third kappa shape index (κ3) is 3.66. The highest BCUT2D eigenvalue weighted by atomic mass is 35.5. The first kappa shape index (κ1) is 15.6. The third-order valence-electron chi connectivity index (χ3n) is 4.30. The summed E-state index contributed by atoms with van der Waals surface area (Å²) in [6.07, 6.45) is 3.05. The van der Waals surface area contributed by atoms with E-state index < -0.39 is 0 Å². The minimum atomic E-state index is 0.197. The lowest BCUT2D eigenvalue weighted by Crippen LogP contribution is -2.31. The van der Waals surface area contributed by atoms with Crippen LogP contribution in [-0.4, -0.2) is 44.2 Å². The van der Waals surface area contributed by atoms with Crippen LogP contribution >= 0.6 is 11.6 Å². The van der Waals surface area contributed by atoms with Crippen LogP contribution < -0.4 is 10.6 Å². The van der Waals surface area contributed by atoms with Crippen molar-refractivity contribution in [1.82, 2.24) is 4.90 Å². The Hall–Kier alpha value is -0.770. The van der Waals surface area contributed by atoms with Gasteiger partial charge in [0.05, 0.1) is 0 Å². The van der Waals surface area contributed by atoms with E-state index in [0.29, 0.717) is 6.04 Å². The minimum absolute atomic E-state index is 0.197. The van der Waals surface area contributed by atoms with Gasteiger partial charge in [-0.2, -0.15) is 0 Å². The largest absolute Gasteiger partial charge is 0.370 e. The molecule has 20 heavy (non-hydrogen) atoms. The zero-order valence-electron chi connectivity index (χ0n) is 12.8. The Morgan fingerprint density at radius 1 is 1.45 bits per heavy atom. The van der Waals surface area contributed by atoms with Gasteiger partial charge in [0.15, 0.2) is 0 Å². The molecular weight excluding hydrogens is 270 g/mol. The van der Waals surface area contributed by atoms with Crippen molar-refractivity contribution in [2.75, 3.05) is 32.1 Å². The summed E-state index contributed by atoms with van der Waals surface area (Å²) in [6, 6.07) is 7.25. The Labute approximate surface area is 127 Å². The number of nitrogens with zero attached hydrogens (tertiary/aromatic N) is 2. The number of hydrogen-bond acceptors (Lipinski definition) is 3. The second kappa shape index (κ2) is 6.79. The molecule has 0 radical (unpaired) electrons. The van der Waals surface area contributed by atoms with E-state index in [0.717, 1.165) is 36.5 Å². The van der Waals surface area contributed by atoms with Crippen molar-refractivity contribution in [1.29, 1.82) is 0 Å². The molecule has 0 bridgehead atoms.